The summed E-state index contributed by atoms with van der Waals surface area (Å²) in [5.74, 6) is 0.682. The van der Waals surface area contributed by atoms with Gasteiger partial charge in [-0.25, -0.2) is 4.39 Å². The van der Waals surface area contributed by atoms with Crippen molar-refractivity contribution in [2.45, 2.75) is 63.8 Å². The van der Waals surface area contributed by atoms with E-state index >= 15 is 0 Å². The summed E-state index contributed by atoms with van der Waals surface area (Å²) in [7, 11) is 1.69. The predicted octanol–water partition coefficient (Wildman–Crippen LogP) is 7.24. The van der Waals surface area contributed by atoms with Gasteiger partial charge in [-0.3, -0.25) is 4.98 Å². The number of ether oxygens (including phenoxy) is 1. The normalized spacial score (nSPS) is 16.9. The summed E-state index contributed by atoms with van der Waals surface area (Å²) in [6.07, 6.45) is 12.3. The van der Waals surface area contributed by atoms with Crippen LogP contribution in [0.2, 0.25) is 5.02 Å². The van der Waals surface area contributed by atoms with Crippen molar-refractivity contribution < 1.29 is 9.13 Å². The number of fused-ring (bicyclic) bond motifs is 1. The van der Waals surface area contributed by atoms with E-state index in [0.717, 1.165) is 53.9 Å². The van der Waals surface area contributed by atoms with Crippen molar-refractivity contribution in [1.29, 1.82) is 0 Å². The van der Waals surface area contributed by atoms with Gasteiger partial charge in [0.25, 0.3) is 0 Å². The number of unbranched alkanes of at least 4 members (excludes halogenated alkanes) is 1. The highest BCUT2D eigenvalue weighted by molar-refractivity contribution is 6.32. The van der Waals surface area contributed by atoms with E-state index in [-0.39, 0.29) is 5.82 Å². The van der Waals surface area contributed by atoms with Crippen LogP contribution in [0.4, 0.5) is 4.39 Å². The summed E-state index contributed by atoms with van der Waals surface area (Å²) >= 11 is 6.56. The number of pyridine rings is 1. The van der Waals surface area contributed by atoms with Crippen LogP contribution < -0.4 is 4.74 Å². The van der Waals surface area contributed by atoms with E-state index in [2.05, 4.69) is 16.0 Å². The first-order valence-corrected chi connectivity index (χ1v) is 12.6. The second-order valence-corrected chi connectivity index (χ2v) is 9.54. The number of aromatic nitrogens is 1. The van der Waals surface area contributed by atoms with E-state index in [1.807, 2.05) is 24.3 Å². The van der Waals surface area contributed by atoms with E-state index < -0.39 is 0 Å². The number of hydrogen-bond donors (Lipinski definition) is 0. The number of rotatable bonds is 10. The first-order valence-electron chi connectivity index (χ1n) is 12.2. The molecule has 1 saturated heterocycles. The number of hydrogen-bond acceptors (Lipinski definition) is 3. The molecule has 1 unspecified atom stereocenters. The Labute approximate surface area is 201 Å². The second kappa shape index (κ2) is 11.8. The summed E-state index contributed by atoms with van der Waals surface area (Å²) in [6, 6.07) is 13.6. The van der Waals surface area contributed by atoms with Gasteiger partial charge in [0.05, 0.1) is 17.6 Å². The van der Waals surface area contributed by atoms with E-state index in [9.17, 15) is 4.39 Å². The lowest BCUT2D eigenvalue weighted by molar-refractivity contribution is 0.136. The fraction of sp³-hybridized carbons (Fsp3) is 0.464. The number of piperidine rings is 1. The highest BCUT2D eigenvalue weighted by Crippen LogP contribution is 2.30. The molecule has 2 heterocycles. The second-order valence-electron chi connectivity index (χ2n) is 9.13. The SMILES string of the molecule is COc1ccc2ncc(Cl)c(CCCC3CCCCN3CCCCc3ccc(F)cc3)c2c1. The molecule has 0 radical (unpaired) electrons. The lowest BCUT2D eigenvalue weighted by Gasteiger charge is -2.36. The molecule has 1 fully saturated rings. The Morgan fingerprint density at radius 2 is 1.91 bits per heavy atom. The largest absolute Gasteiger partial charge is 0.497 e. The highest BCUT2D eigenvalue weighted by atomic mass is 35.5. The lowest BCUT2D eigenvalue weighted by Crippen LogP contribution is -2.40. The van der Waals surface area contributed by atoms with Gasteiger partial charge in [-0.1, -0.05) is 30.2 Å². The molecule has 1 aliphatic rings. The Hall–Kier alpha value is -2.17. The van der Waals surface area contributed by atoms with Gasteiger partial charge >= 0.3 is 0 Å². The van der Waals surface area contributed by atoms with Crippen molar-refractivity contribution in [2.75, 3.05) is 20.2 Å². The molecule has 3 aromatic rings. The summed E-state index contributed by atoms with van der Waals surface area (Å²) in [4.78, 5) is 7.18. The van der Waals surface area contributed by atoms with Gasteiger partial charge in [-0.15, -0.1) is 0 Å². The zero-order chi connectivity index (χ0) is 23.0. The zero-order valence-corrected chi connectivity index (χ0v) is 20.3. The molecule has 3 nitrogen and oxygen atoms in total. The molecule has 0 amide bonds. The van der Waals surface area contributed by atoms with E-state index in [0.29, 0.717) is 6.04 Å². The van der Waals surface area contributed by atoms with Crippen molar-refractivity contribution in [3.05, 3.63) is 70.6 Å². The summed E-state index contributed by atoms with van der Waals surface area (Å²) in [5, 5.41) is 1.85. The van der Waals surface area contributed by atoms with Crippen LogP contribution in [-0.2, 0) is 12.8 Å². The summed E-state index contributed by atoms with van der Waals surface area (Å²) < 4.78 is 18.5. The molecule has 1 aromatic heterocycles. The maximum Gasteiger partial charge on any atom is 0.123 e. The van der Waals surface area contributed by atoms with Gasteiger partial charge in [0.15, 0.2) is 0 Å². The molecule has 0 aliphatic carbocycles. The van der Waals surface area contributed by atoms with Gasteiger partial charge in [0.2, 0.25) is 0 Å². The number of likely N-dealkylation sites (tertiary alicyclic amines) is 1. The van der Waals surface area contributed by atoms with Crippen LogP contribution in [0, 0.1) is 5.82 Å². The van der Waals surface area contributed by atoms with Gasteiger partial charge in [-0.05, 0) is 106 Å². The number of methoxy groups -OCH3 is 1. The van der Waals surface area contributed by atoms with Crippen LogP contribution in [0.5, 0.6) is 5.75 Å². The van der Waals surface area contributed by atoms with Crippen LogP contribution in [0.3, 0.4) is 0 Å². The molecule has 0 spiro atoms. The average molecular weight is 469 g/mol. The summed E-state index contributed by atoms with van der Waals surface area (Å²) in [5.41, 5.74) is 3.38. The quantitative estimate of drug-likeness (QED) is 0.293. The smallest absolute Gasteiger partial charge is 0.123 e. The lowest BCUT2D eigenvalue weighted by atomic mass is 9.94. The minimum atomic E-state index is -0.157. The fourth-order valence-electron chi connectivity index (χ4n) is 5.07. The van der Waals surface area contributed by atoms with E-state index in [1.165, 1.54) is 49.8 Å². The first-order chi connectivity index (χ1) is 16.1. The van der Waals surface area contributed by atoms with Crippen molar-refractivity contribution >= 4 is 22.5 Å². The number of aryl methyl sites for hydroxylation is 2. The Kier molecular flexibility index (Phi) is 8.57. The Morgan fingerprint density at radius 1 is 1.06 bits per heavy atom. The van der Waals surface area contributed by atoms with Crippen LogP contribution >= 0.6 is 11.6 Å². The Bertz CT molecular complexity index is 1040. The van der Waals surface area contributed by atoms with Crippen LogP contribution in [-0.4, -0.2) is 36.1 Å². The van der Waals surface area contributed by atoms with Crippen LogP contribution in [0.1, 0.15) is 56.1 Å². The molecule has 0 N–H and O–H groups in total. The molecular weight excluding hydrogens is 435 g/mol. The topological polar surface area (TPSA) is 25.4 Å². The molecule has 1 atom stereocenters. The number of nitrogens with zero attached hydrogens (tertiary/aromatic N) is 2. The third-order valence-electron chi connectivity index (χ3n) is 6.92. The average Bonchev–Trinajstić information content (AvgIpc) is 2.84. The fourth-order valence-corrected chi connectivity index (χ4v) is 5.32. The highest BCUT2D eigenvalue weighted by Gasteiger charge is 2.21. The maximum atomic E-state index is 13.1. The molecule has 5 heteroatoms. The van der Waals surface area contributed by atoms with Crippen molar-refractivity contribution in [1.82, 2.24) is 9.88 Å². The minimum Gasteiger partial charge on any atom is -0.497 e. The summed E-state index contributed by atoms with van der Waals surface area (Å²) in [6.45, 7) is 2.36. The molecular formula is C28H34ClFN2O. The standard InChI is InChI=1S/C28H34ClFN2O/c1-33-24-15-16-28-26(19-24)25(27(29)20-31-28)10-6-9-23-8-3-5-18-32(23)17-4-2-7-21-11-13-22(30)14-12-21/h11-16,19-20,23H,2-10,17-18H2,1H3. The molecule has 0 saturated carbocycles. The molecule has 4 rings (SSSR count). The van der Waals surface area contributed by atoms with Crippen LogP contribution in [0.15, 0.2) is 48.7 Å². The van der Waals surface area contributed by atoms with E-state index in [1.54, 1.807) is 25.4 Å². The van der Waals surface area contributed by atoms with Crippen molar-refractivity contribution in [3.63, 3.8) is 0 Å². The van der Waals surface area contributed by atoms with Gasteiger partial charge in [0, 0.05) is 17.6 Å². The van der Waals surface area contributed by atoms with Crippen LogP contribution in [0.25, 0.3) is 10.9 Å². The van der Waals surface area contributed by atoms with Gasteiger partial charge in [-0.2, -0.15) is 0 Å². The molecule has 1 aliphatic heterocycles. The third kappa shape index (κ3) is 6.45. The maximum absolute atomic E-state index is 13.1. The predicted molar refractivity (Wildman–Crippen MR) is 135 cm³/mol. The Balaban J connectivity index is 1.29. The zero-order valence-electron chi connectivity index (χ0n) is 19.5. The van der Waals surface area contributed by atoms with Gasteiger partial charge < -0.3 is 9.64 Å². The molecule has 2 aromatic carbocycles. The number of benzene rings is 2. The number of halogens is 2. The van der Waals surface area contributed by atoms with Crippen molar-refractivity contribution in [2.24, 2.45) is 0 Å². The monoisotopic (exact) mass is 468 g/mol. The third-order valence-corrected chi connectivity index (χ3v) is 7.25. The van der Waals surface area contributed by atoms with E-state index in [4.69, 9.17) is 16.3 Å². The first kappa shape index (κ1) is 24.0. The molecule has 0 bridgehead atoms. The van der Waals surface area contributed by atoms with Gasteiger partial charge in [0.1, 0.15) is 11.6 Å². The molecule has 176 valence electrons. The minimum absolute atomic E-state index is 0.157. The molecule has 33 heavy (non-hydrogen) atoms. The Morgan fingerprint density at radius 3 is 2.73 bits per heavy atom. The van der Waals surface area contributed by atoms with Crippen molar-refractivity contribution in [3.8, 4) is 5.75 Å².